The monoisotopic (exact) mass is 219 g/mol. The molecule has 0 aliphatic carbocycles. The first kappa shape index (κ1) is 13.8. The number of hydrogen-bond donors (Lipinski definition) is 1. The van der Waals surface area contributed by atoms with Gasteiger partial charge in [0.1, 0.15) is 0 Å². The van der Waals surface area contributed by atoms with Gasteiger partial charge < -0.3 is 19.0 Å². The molecule has 0 aliphatic heterocycles. The van der Waals surface area contributed by atoms with Crippen molar-refractivity contribution < 1.29 is 13.3 Å². The molecular weight excluding hydrogens is 198 g/mol. The summed E-state index contributed by atoms with van der Waals surface area (Å²) in [7, 11) is 0.767. The summed E-state index contributed by atoms with van der Waals surface area (Å²) in [4.78, 5) is 0. The second-order valence-corrected chi connectivity index (χ2v) is 5.91. The molecule has 4 nitrogen and oxygen atoms in total. The van der Waals surface area contributed by atoms with Gasteiger partial charge in [0.2, 0.25) is 0 Å². The van der Waals surface area contributed by atoms with Crippen LogP contribution < -0.4 is 5.73 Å². The minimum atomic E-state index is -2.45. The Morgan fingerprint density at radius 2 is 1.93 bits per heavy atom. The molecule has 0 spiro atoms. The Balaban J connectivity index is 3.87. The Labute approximate surface area is 87.4 Å². The molecule has 84 valence electrons. The van der Waals surface area contributed by atoms with Gasteiger partial charge in [-0.2, -0.15) is 0 Å². The molecule has 5 heteroatoms. The highest BCUT2D eigenvalue weighted by Gasteiger charge is 2.37. The minimum Gasteiger partial charge on any atom is -0.377 e. The molecule has 14 heavy (non-hydrogen) atoms. The number of nitrogens with two attached hydrogens (primary N) is 1. The largest absolute Gasteiger partial charge is 0.501 e. The topological polar surface area (TPSA) is 53.7 Å². The lowest BCUT2D eigenvalue weighted by Crippen LogP contribution is -2.45. The molecule has 0 bridgehead atoms. The van der Waals surface area contributed by atoms with Crippen LogP contribution >= 0.6 is 0 Å². The van der Waals surface area contributed by atoms with Crippen molar-refractivity contribution in [3.63, 3.8) is 0 Å². The lowest BCUT2D eigenvalue weighted by atomic mass is 10.2. The van der Waals surface area contributed by atoms with E-state index in [-0.39, 0.29) is 6.73 Å². The van der Waals surface area contributed by atoms with Crippen molar-refractivity contribution in [2.24, 2.45) is 5.73 Å². The van der Waals surface area contributed by atoms with E-state index in [1.165, 1.54) is 0 Å². The van der Waals surface area contributed by atoms with E-state index in [0.717, 1.165) is 25.3 Å². The summed E-state index contributed by atoms with van der Waals surface area (Å²) in [5, 5.41) is 0. The maximum absolute atomic E-state index is 5.35. The minimum absolute atomic E-state index is 0.148. The zero-order valence-electron chi connectivity index (χ0n) is 9.12. The second-order valence-electron chi connectivity index (χ2n) is 2.94. The van der Waals surface area contributed by atoms with Crippen LogP contribution in [0.2, 0.25) is 6.04 Å². The molecule has 0 aromatic heterocycles. The van der Waals surface area contributed by atoms with Crippen LogP contribution in [0.25, 0.3) is 0 Å². The molecule has 0 heterocycles. The Morgan fingerprint density at radius 3 is 2.36 bits per heavy atom. The summed E-state index contributed by atoms with van der Waals surface area (Å²) in [6.07, 6.45) is 5.02. The molecule has 2 N–H and O–H groups in total. The van der Waals surface area contributed by atoms with Gasteiger partial charge in [-0.25, -0.2) is 0 Å². The van der Waals surface area contributed by atoms with Gasteiger partial charge in [-0.05, 0) is 19.3 Å². The van der Waals surface area contributed by atoms with Gasteiger partial charge in [0.05, 0.1) is 6.73 Å². The Kier molecular flexibility index (Phi) is 8.02. The number of rotatable bonds is 9. The molecule has 0 rings (SSSR count). The third-order valence-electron chi connectivity index (χ3n) is 2.07. The molecule has 0 saturated heterocycles. The first-order valence-electron chi connectivity index (χ1n) is 4.80. The fourth-order valence-corrected chi connectivity index (χ4v) is 3.13. The van der Waals surface area contributed by atoms with Crippen LogP contribution in [0.15, 0.2) is 12.7 Å². The molecule has 0 saturated carbocycles. The lowest BCUT2D eigenvalue weighted by molar-refractivity contribution is 0.100. The predicted molar refractivity (Wildman–Crippen MR) is 58.8 cm³/mol. The standard InChI is InChI=1S/C9H21NO3Si/c1-4-5-6-7-8-14(11-2,12-3)13-9-10/h4H,1,5-10H2,2-3H3. The van der Waals surface area contributed by atoms with Crippen LogP contribution in [0, 0.1) is 0 Å². The van der Waals surface area contributed by atoms with Gasteiger partial charge in [0.15, 0.2) is 0 Å². The third kappa shape index (κ3) is 4.87. The van der Waals surface area contributed by atoms with Crippen molar-refractivity contribution in [1.29, 1.82) is 0 Å². The Hall–Kier alpha value is -0.203. The van der Waals surface area contributed by atoms with Gasteiger partial charge in [0.25, 0.3) is 0 Å². The van der Waals surface area contributed by atoms with Crippen LogP contribution in [0.5, 0.6) is 0 Å². The van der Waals surface area contributed by atoms with Crippen molar-refractivity contribution in [3.8, 4) is 0 Å². The van der Waals surface area contributed by atoms with Gasteiger partial charge in [-0.3, -0.25) is 0 Å². The fourth-order valence-electron chi connectivity index (χ4n) is 1.23. The normalized spacial score (nSPS) is 11.6. The highest BCUT2D eigenvalue weighted by Crippen LogP contribution is 2.17. The second kappa shape index (κ2) is 8.13. The highest BCUT2D eigenvalue weighted by molar-refractivity contribution is 6.60. The van der Waals surface area contributed by atoms with Crippen molar-refractivity contribution in [1.82, 2.24) is 0 Å². The summed E-state index contributed by atoms with van der Waals surface area (Å²) >= 11 is 0. The first-order valence-corrected chi connectivity index (χ1v) is 6.73. The Bertz CT molecular complexity index is 151. The van der Waals surface area contributed by atoms with Gasteiger partial charge >= 0.3 is 8.80 Å². The van der Waals surface area contributed by atoms with E-state index in [0.29, 0.717) is 0 Å². The molecule has 0 radical (unpaired) electrons. The smallest absolute Gasteiger partial charge is 0.377 e. The zero-order valence-corrected chi connectivity index (χ0v) is 10.1. The van der Waals surface area contributed by atoms with Crippen LogP contribution in [-0.4, -0.2) is 29.8 Å². The predicted octanol–water partition coefficient (Wildman–Crippen LogP) is 1.51. The molecular formula is C9H21NO3Si. The van der Waals surface area contributed by atoms with E-state index in [1.807, 2.05) is 6.08 Å². The van der Waals surface area contributed by atoms with Gasteiger partial charge in [-0.15, -0.1) is 6.58 Å². The van der Waals surface area contributed by atoms with E-state index >= 15 is 0 Å². The zero-order chi connectivity index (χ0) is 10.9. The van der Waals surface area contributed by atoms with Crippen molar-refractivity contribution in [3.05, 3.63) is 12.7 Å². The Morgan fingerprint density at radius 1 is 1.29 bits per heavy atom. The van der Waals surface area contributed by atoms with Gasteiger partial charge in [0, 0.05) is 20.3 Å². The highest BCUT2D eigenvalue weighted by atomic mass is 28.4. The van der Waals surface area contributed by atoms with E-state index in [9.17, 15) is 0 Å². The lowest BCUT2D eigenvalue weighted by Gasteiger charge is -2.25. The number of allylic oxidation sites excluding steroid dienone is 1. The van der Waals surface area contributed by atoms with Crippen LogP contribution in [0.4, 0.5) is 0 Å². The van der Waals surface area contributed by atoms with Gasteiger partial charge in [-0.1, -0.05) is 6.08 Å². The third-order valence-corrected chi connectivity index (χ3v) is 4.88. The maximum Gasteiger partial charge on any atom is 0.501 e. The molecule has 0 fully saturated rings. The summed E-state index contributed by atoms with van der Waals surface area (Å²) in [5.74, 6) is 0. The quantitative estimate of drug-likeness (QED) is 0.276. The average Bonchev–Trinajstić information content (AvgIpc) is 2.23. The fraction of sp³-hybridized carbons (Fsp3) is 0.778. The molecule has 0 unspecified atom stereocenters. The average molecular weight is 219 g/mol. The van der Waals surface area contributed by atoms with E-state index < -0.39 is 8.80 Å². The number of unbranched alkanes of at least 4 members (excludes halogenated alkanes) is 2. The molecule has 0 amide bonds. The molecule has 0 aliphatic rings. The van der Waals surface area contributed by atoms with Crippen molar-refractivity contribution in [2.45, 2.75) is 25.3 Å². The summed E-state index contributed by atoms with van der Waals surface area (Å²) < 4.78 is 15.9. The first-order chi connectivity index (χ1) is 6.74. The van der Waals surface area contributed by atoms with E-state index in [2.05, 4.69) is 6.58 Å². The maximum atomic E-state index is 5.35. The molecule has 0 aromatic carbocycles. The van der Waals surface area contributed by atoms with Crippen LogP contribution in [0.1, 0.15) is 19.3 Å². The van der Waals surface area contributed by atoms with Crippen molar-refractivity contribution >= 4 is 8.80 Å². The van der Waals surface area contributed by atoms with Crippen LogP contribution in [0.3, 0.4) is 0 Å². The van der Waals surface area contributed by atoms with Crippen LogP contribution in [-0.2, 0) is 13.3 Å². The van der Waals surface area contributed by atoms with Crippen molar-refractivity contribution in [2.75, 3.05) is 21.0 Å². The van der Waals surface area contributed by atoms with E-state index in [1.54, 1.807) is 14.2 Å². The number of hydrogen-bond acceptors (Lipinski definition) is 4. The SMILES string of the molecule is C=CCCCC[Si](OC)(OC)OCN. The summed E-state index contributed by atoms with van der Waals surface area (Å²) in [6.45, 7) is 3.82. The molecule has 0 atom stereocenters. The summed E-state index contributed by atoms with van der Waals surface area (Å²) in [6, 6.07) is 0.811. The van der Waals surface area contributed by atoms with E-state index in [4.69, 9.17) is 19.0 Å². The molecule has 0 aromatic rings. The summed E-state index contributed by atoms with van der Waals surface area (Å²) in [5.41, 5.74) is 5.33.